The molecule has 0 unspecified atom stereocenters. The van der Waals surface area contributed by atoms with E-state index in [1.807, 2.05) is 13.0 Å². The fraction of sp³-hybridized carbons (Fsp3) is 0.0909. The van der Waals surface area contributed by atoms with Crippen LogP contribution >= 0.6 is 0 Å². The maximum absolute atomic E-state index is 4.81. The maximum atomic E-state index is 4.81. The van der Waals surface area contributed by atoms with E-state index in [-0.39, 0.29) is 0 Å². The maximum Gasteiger partial charge on any atom is 0.244 e. The van der Waals surface area contributed by atoms with E-state index in [2.05, 4.69) is 84.4 Å². The van der Waals surface area contributed by atoms with E-state index < -0.39 is 0 Å². The summed E-state index contributed by atoms with van der Waals surface area (Å²) in [6.45, 7) is 4.17. The van der Waals surface area contributed by atoms with Crippen LogP contribution in [0.15, 0.2) is 66.7 Å². The van der Waals surface area contributed by atoms with Crippen molar-refractivity contribution in [1.82, 2.24) is 4.98 Å². The minimum absolute atomic E-state index is 1.04. The highest BCUT2D eigenvalue weighted by Crippen LogP contribution is 2.22. The van der Waals surface area contributed by atoms with Gasteiger partial charge in [0, 0.05) is 35.5 Å². The van der Waals surface area contributed by atoms with Crippen LogP contribution in [0.2, 0.25) is 0 Å². The Morgan fingerprint density at radius 2 is 1.50 bits per heavy atom. The topological polar surface area (TPSA) is 16.8 Å². The summed E-state index contributed by atoms with van der Waals surface area (Å²) < 4.78 is 2.23. The molecule has 4 rings (SSSR count). The van der Waals surface area contributed by atoms with E-state index in [1.165, 1.54) is 22.0 Å². The Kier molecular flexibility index (Phi) is 3.58. The van der Waals surface area contributed by atoms with E-state index in [0.29, 0.717) is 0 Å². The second-order valence-electron chi connectivity index (χ2n) is 6.10. The third-order valence-electron chi connectivity index (χ3n) is 4.35. The average Bonchev–Trinajstić information content (AvgIpc) is 2.61. The minimum atomic E-state index is 1.04. The summed E-state index contributed by atoms with van der Waals surface area (Å²) in [6, 6.07) is 23.2. The van der Waals surface area contributed by atoms with Crippen molar-refractivity contribution < 1.29 is 4.57 Å². The first-order valence-electron chi connectivity index (χ1n) is 8.17. The summed E-state index contributed by atoms with van der Waals surface area (Å²) in [5.74, 6) is 0. The van der Waals surface area contributed by atoms with Crippen LogP contribution < -0.4 is 4.57 Å². The third-order valence-corrected chi connectivity index (χ3v) is 4.35. The zero-order chi connectivity index (χ0) is 16.5. The molecule has 0 amide bonds. The van der Waals surface area contributed by atoms with Crippen LogP contribution in [0.5, 0.6) is 0 Å². The smallest absolute Gasteiger partial charge is 0.244 e. The van der Waals surface area contributed by atoms with Crippen molar-refractivity contribution in [3.05, 3.63) is 83.7 Å². The Hall–Kier alpha value is -3.00. The molecular formula is C22H19N2+. The van der Waals surface area contributed by atoms with Crippen molar-refractivity contribution in [2.75, 3.05) is 0 Å². The number of benzene rings is 2. The van der Waals surface area contributed by atoms with Gasteiger partial charge < -0.3 is 0 Å². The summed E-state index contributed by atoms with van der Waals surface area (Å²) in [4.78, 5) is 4.81. The fourth-order valence-electron chi connectivity index (χ4n) is 3.06. The monoisotopic (exact) mass is 311 g/mol. The number of hydrogen-bond donors (Lipinski definition) is 0. The lowest BCUT2D eigenvalue weighted by Gasteiger charge is -2.04. The highest BCUT2D eigenvalue weighted by atomic mass is 15.0. The predicted molar refractivity (Wildman–Crippen MR) is 101 cm³/mol. The number of fused-ring (bicyclic) bond motifs is 3. The molecule has 0 atom stereocenters. The number of pyridine rings is 2. The van der Waals surface area contributed by atoms with Crippen molar-refractivity contribution in [3.63, 3.8) is 0 Å². The molecule has 0 radical (unpaired) electrons. The van der Waals surface area contributed by atoms with Crippen molar-refractivity contribution >= 4 is 34.1 Å². The first-order chi connectivity index (χ1) is 11.7. The molecule has 0 aliphatic carbocycles. The quantitative estimate of drug-likeness (QED) is 0.379. The van der Waals surface area contributed by atoms with Crippen molar-refractivity contribution in [2.45, 2.75) is 13.8 Å². The molecular weight excluding hydrogens is 292 g/mol. The molecule has 0 fully saturated rings. The van der Waals surface area contributed by atoms with Crippen molar-refractivity contribution in [2.24, 2.45) is 0 Å². The number of rotatable bonds is 2. The van der Waals surface area contributed by atoms with Gasteiger partial charge in [-0.25, -0.2) is 4.98 Å². The lowest BCUT2D eigenvalue weighted by Crippen LogP contribution is -2.31. The molecule has 2 aromatic carbocycles. The van der Waals surface area contributed by atoms with Gasteiger partial charge in [0.15, 0.2) is 11.9 Å². The van der Waals surface area contributed by atoms with Crippen molar-refractivity contribution in [1.29, 1.82) is 0 Å². The summed E-state index contributed by atoms with van der Waals surface area (Å²) in [5, 5.41) is 2.37. The molecule has 2 nitrogen and oxygen atoms in total. The highest BCUT2D eigenvalue weighted by molar-refractivity contribution is 6.01. The SMILES string of the molecule is Cc1ccc2ccc3ccc(C)[n+](/C=C/c4ccccc4)c3c2n1. The van der Waals surface area contributed by atoms with Gasteiger partial charge in [0.1, 0.15) is 5.52 Å². The van der Waals surface area contributed by atoms with E-state index in [9.17, 15) is 0 Å². The van der Waals surface area contributed by atoms with Gasteiger partial charge in [-0.3, -0.25) is 0 Å². The van der Waals surface area contributed by atoms with E-state index in [4.69, 9.17) is 4.98 Å². The molecule has 0 saturated heterocycles. The molecule has 2 aromatic heterocycles. The molecule has 0 spiro atoms. The minimum Gasteiger partial charge on any atom is -0.246 e. The molecule has 0 aliphatic rings. The van der Waals surface area contributed by atoms with E-state index in [0.717, 1.165) is 16.7 Å². The van der Waals surface area contributed by atoms with Gasteiger partial charge >= 0.3 is 0 Å². The predicted octanol–water partition coefficient (Wildman–Crippen LogP) is 4.92. The van der Waals surface area contributed by atoms with Gasteiger partial charge in [0.05, 0.1) is 0 Å². The Bertz CT molecular complexity index is 1060. The second-order valence-corrected chi connectivity index (χ2v) is 6.10. The van der Waals surface area contributed by atoms with Crippen LogP contribution in [0.1, 0.15) is 17.0 Å². The number of nitrogens with zero attached hydrogens (tertiary/aromatic N) is 2. The van der Waals surface area contributed by atoms with Gasteiger partial charge in [-0.2, -0.15) is 4.57 Å². The lowest BCUT2D eigenvalue weighted by molar-refractivity contribution is -0.544. The number of hydrogen-bond acceptors (Lipinski definition) is 1. The summed E-state index contributed by atoms with van der Waals surface area (Å²) in [6.07, 6.45) is 4.28. The van der Waals surface area contributed by atoms with E-state index in [1.54, 1.807) is 0 Å². The van der Waals surface area contributed by atoms with Crippen LogP contribution in [-0.2, 0) is 0 Å². The molecule has 24 heavy (non-hydrogen) atoms. The molecule has 0 bridgehead atoms. The van der Waals surface area contributed by atoms with Crippen LogP contribution in [0.4, 0.5) is 0 Å². The highest BCUT2D eigenvalue weighted by Gasteiger charge is 2.15. The first kappa shape index (κ1) is 14.6. The van der Waals surface area contributed by atoms with E-state index >= 15 is 0 Å². The van der Waals surface area contributed by atoms with Gasteiger partial charge in [0.25, 0.3) is 0 Å². The Balaban J connectivity index is 2.01. The first-order valence-corrected chi connectivity index (χ1v) is 8.17. The summed E-state index contributed by atoms with van der Waals surface area (Å²) in [5.41, 5.74) is 5.61. The van der Waals surface area contributed by atoms with Crippen LogP contribution in [0, 0.1) is 13.8 Å². The molecule has 0 aliphatic heterocycles. The summed E-state index contributed by atoms with van der Waals surface area (Å²) in [7, 11) is 0. The molecule has 116 valence electrons. The Labute approximate surface area is 141 Å². The number of aromatic nitrogens is 2. The normalized spacial score (nSPS) is 11.6. The zero-order valence-electron chi connectivity index (χ0n) is 13.9. The second kappa shape index (κ2) is 5.89. The van der Waals surface area contributed by atoms with Crippen LogP contribution in [0.25, 0.3) is 34.1 Å². The fourth-order valence-corrected chi connectivity index (χ4v) is 3.06. The van der Waals surface area contributed by atoms with Gasteiger partial charge in [-0.05, 0) is 30.7 Å². The standard InChI is InChI=1S/C22H19N2/c1-16-8-10-19-12-13-20-11-9-17(2)24(22(20)21(19)23-16)15-14-18-6-4-3-5-7-18/h3-15H,1-2H3/q+1/b15-14+. The summed E-state index contributed by atoms with van der Waals surface area (Å²) >= 11 is 0. The van der Waals surface area contributed by atoms with Crippen LogP contribution in [-0.4, -0.2) is 4.98 Å². The lowest BCUT2D eigenvalue weighted by atomic mass is 10.1. The Morgan fingerprint density at radius 1 is 0.792 bits per heavy atom. The van der Waals surface area contributed by atoms with Crippen molar-refractivity contribution in [3.8, 4) is 0 Å². The average molecular weight is 311 g/mol. The van der Waals surface area contributed by atoms with Gasteiger partial charge in [-0.15, -0.1) is 0 Å². The molecule has 2 heterocycles. The largest absolute Gasteiger partial charge is 0.246 e. The molecule has 0 saturated carbocycles. The Morgan fingerprint density at radius 3 is 2.33 bits per heavy atom. The zero-order valence-corrected chi connectivity index (χ0v) is 13.9. The van der Waals surface area contributed by atoms with Gasteiger partial charge in [0.2, 0.25) is 5.52 Å². The van der Waals surface area contributed by atoms with Gasteiger partial charge in [-0.1, -0.05) is 42.5 Å². The molecule has 4 aromatic rings. The molecule has 2 heteroatoms. The molecule has 0 N–H and O–H groups in total. The van der Waals surface area contributed by atoms with Crippen LogP contribution in [0.3, 0.4) is 0 Å². The third kappa shape index (κ3) is 2.56. The number of aryl methyl sites for hydroxylation is 2.